The van der Waals surface area contributed by atoms with Gasteiger partial charge in [-0.3, -0.25) is 0 Å². The summed E-state index contributed by atoms with van der Waals surface area (Å²) in [5.74, 6) is 0.527. The van der Waals surface area contributed by atoms with E-state index in [4.69, 9.17) is 5.73 Å². The van der Waals surface area contributed by atoms with Gasteiger partial charge >= 0.3 is 0 Å². The van der Waals surface area contributed by atoms with Gasteiger partial charge in [-0.15, -0.1) is 0 Å². The molecule has 82 valence electrons. The minimum absolute atomic E-state index is 0.527. The van der Waals surface area contributed by atoms with Crippen molar-refractivity contribution in [3.63, 3.8) is 0 Å². The topological polar surface area (TPSA) is 50.9 Å². The van der Waals surface area contributed by atoms with Crippen LogP contribution in [0.1, 0.15) is 5.56 Å². The summed E-state index contributed by atoms with van der Waals surface area (Å²) < 4.78 is 1.08. The molecule has 0 amide bonds. The number of halogens is 1. The van der Waals surface area contributed by atoms with Crippen molar-refractivity contribution in [2.75, 3.05) is 11.1 Å². The van der Waals surface area contributed by atoms with E-state index in [1.807, 2.05) is 24.3 Å². The van der Waals surface area contributed by atoms with Crippen molar-refractivity contribution in [2.24, 2.45) is 0 Å². The molecule has 0 aliphatic heterocycles. The summed E-state index contributed by atoms with van der Waals surface area (Å²) >= 11 is 3.40. The molecule has 1 heterocycles. The molecule has 0 saturated heterocycles. The number of hydrogen-bond donors (Lipinski definition) is 2. The third kappa shape index (κ3) is 2.73. The number of benzene rings is 1. The molecule has 16 heavy (non-hydrogen) atoms. The quantitative estimate of drug-likeness (QED) is 0.907. The van der Waals surface area contributed by atoms with Crippen LogP contribution in [0.15, 0.2) is 47.1 Å². The molecule has 0 fully saturated rings. The van der Waals surface area contributed by atoms with Gasteiger partial charge in [0.2, 0.25) is 0 Å². The van der Waals surface area contributed by atoms with E-state index in [-0.39, 0.29) is 0 Å². The average Bonchev–Trinajstić information content (AvgIpc) is 2.30. The molecule has 4 heteroatoms. The second kappa shape index (κ2) is 4.99. The number of nitrogens with two attached hydrogens (primary N) is 1. The van der Waals surface area contributed by atoms with E-state index >= 15 is 0 Å². The van der Waals surface area contributed by atoms with Gasteiger partial charge in [0.05, 0.1) is 5.69 Å². The normalized spacial score (nSPS) is 10.1. The van der Waals surface area contributed by atoms with Crippen LogP contribution in [0.25, 0.3) is 0 Å². The number of nitrogen functional groups attached to an aromatic ring is 1. The van der Waals surface area contributed by atoms with Crippen LogP contribution in [-0.4, -0.2) is 4.98 Å². The number of nitrogens with zero attached hydrogens (tertiary/aromatic N) is 1. The first-order valence-electron chi connectivity index (χ1n) is 4.94. The van der Waals surface area contributed by atoms with E-state index in [0.717, 1.165) is 16.7 Å². The highest BCUT2D eigenvalue weighted by Crippen LogP contribution is 2.16. The molecule has 2 aromatic rings. The number of anilines is 2. The van der Waals surface area contributed by atoms with Crippen LogP contribution in [0.3, 0.4) is 0 Å². The molecule has 1 aromatic carbocycles. The van der Waals surface area contributed by atoms with Crippen LogP contribution in [0.4, 0.5) is 11.5 Å². The molecule has 3 N–H and O–H groups in total. The maximum atomic E-state index is 5.73. The maximum absolute atomic E-state index is 5.73. The fourth-order valence-electron chi connectivity index (χ4n) is 1.37. The predicted molar refractivity (Wildman–Crippen MR) is 70.1 cm³/mol. The van der Waals surface area contributed by atoms with Crippen molar-refractivity contribution in [3.8, 4) is 0 Å². The molecule has 0 aliphatic carbocycles. The fraction of sp³-hybridized carbons (Fsp3) is 0.0833. The van der Waals surface area contributed by atoms with Gasteiger partial charge in [0.15, 0.2) is 0 Å². The number of hydrogen-bond acceptors (Lipinski definition) is 3. The van der Waals surface area contributed by atoms with Crippen molar-refractivity contribution in [1.82, 2.24) is 4.98 Å². The molecule has 0 spiro atoms. The van der Waals surface area contributed by atoms with E-state index < -0.39 is 0 Å². The Hall–Kier alpha value is -1.55. The Morgan fingerprint density at radius 1 is 1.19 bits per heavy atom. The molecule has 1 aromatic heterocycles. The van der Waals surface area contributed by atoms with Gasteiger partial charge in [0.1, 0.15) is 5.82 Å². The molecular formula is C12H12BrN3. The Morgan fingerprint density at radius 3 is 2.62 bits per heavy atom. The Labute approximate surface area is 103 Å². The fourth-order valence-corrected chi connectivity index (χ4v) is 1.63. The van der Waals surface area contributed by atoms with Crippen LogP contribution in [-0.2, 0) is 6.54 Å². The molecule has 0 saturated carbocycles. The molecule has 0 bridgehead atoms. The maximum Gasteiger partial charge on any atom is 0.146 e. The van der Waals surface area contributed by atoms with E-state index in [9.17, 15) is 0 Å². The van der Waals surface area contributed by atoms with Gasteiger partial charge in [-0.25, -0.2) is 4.98 Å². The summed E-state index contributed by atoms with van der Waals surface area (Å²) in [4.78, 5) is 4.01. The zero-order valence-electron chi connectivity index (χ0n) is 8.65. The highest BCUT2D eigenvalue weighted by Gasteiger charge is 1.98. The van der Waals surface area contributed by atoms with E-state index in [2.05, 4.69) is 38.4 Å². The predicted octanol–water partition coefficient (Wildman–Crippen LogP) is 3.04. The number of rotatable bonds is 3. The largest absolute Gasteiger partial charge is 0.382 e. The standard InChI is InChI=1S/C12H12BrN3/c13-10-5-3-9(4-6-10)8-16-11-2-1-7-15-12(11)14/h1-7,16H,8H2,(H2,14,15). The van der Waals surface area contributed by atoms with Crippen LogP contribution < -0.4 is 11.1 Å². The average molecular weight is 278 g/mol. The van der Waals surface area contributed by atoms with E-state index in [1.165, 1.54) is 5.56 Å². The first-order valence-corrected chi connectivity index (χ1v) is 5.74. The third-order valence-corrected chi connectivity index (χ3v) is 2.76. The highest BCUT2D eigenvalue weighted by atomic mass is 79.9. The minimum atomic E-state index is 0.527. The lowest BCUT2D eigenvalue weighted by atomic mass is 10.2. The SMILES string of the molecule is Nc1ncccc1NCc1ccc(Br)cc1. The second-order valence-electron chi connectivity index (χ2n) is 3.42. The van der Waals surface area contributed by atoms with Gasteiger partial charge in [0.25, 0.3) is 0 Å². The zero-order valence-corrected chi connectivity index (χ0v) is 10.2. The van der Waals surface area contributed by atoms with Crippen molar-refractivity contribution in [1.29, 1.82) is 0 Å². The Balaban J connectivity index is 2.02. The van der Waals surface area contributed by atoms with Crippen LogP contribution in [0, 0.1) is 0 Å². The lowest BCUT2D eigenvalue weighted by molar-refractivity contribution is 1.14. The van der Waals surface area contributed by atoms with E-state index in [1.54, 1.807) is 6.20 Å². The van der Waals surface area contributed by atoms with Crippen molar-refractivity contribution < 1.29 is 0 Å². The lowest BCUT2D eigenvalue weighted by Crippen LogP contribution is -2.03. The van der Waals surface area contributed by atoms with E-state index in [0.29, 0.717) is 5.82 Å². The summed E-state index contributed by atoms with van der Waals surface area (Å²) in [6.45, 7) is 0.739. The van der Waals surface area contributed by atoms with Gasteiger partial charge in [-0.1, -0.05) is 28.1 Å². The van der Waals surface area contributed by atoms with Crippen molar-refractivity contribution >= 4 is 27.4 Å². The third-order valence-electron chi connectivity index (χ3n) is 2.23. The van der Waals surface area contributed by atoms with Crippen LogP contribution in [0.2, 0.25) is 0 Å². The smallest absolute Gasteiger partial charge is 0.146 e. The van der Waals surface area contributed by atoms with Gasteiger partial charge < -0.3 is 11.1 Å². The first kappa shape index (κ1) is 11.0. The van der Waals surface area contributed by atoms with Crippen molar-refractivity contribution in [2.45, 2.75) is 6.54 Å². The molecular weight excluding hydrogens is 266 g/mol. The molecule has 0 aliphatic rings. The summed E-state index contributed by atoms with van der Waals surface area (Å²) in [5.41, 5.74) is 7.79. The van der Waals surface area contributed by atoms with Gasteiger partial charge in [0, 0.05) is 17.2 Å². The Morgan fingerprint density at radius 2 is 1.94 bits per heavy atom. The summed E-state index contributed by atoms with van der Waals surface area (Å²) in [6.07, 6.45) is 1.68. The van der Waals surface area contributed by atoms with Crippen molar-refractivity contribution in [3.05, 3.63) is 52.6 Å². The Bertz CT molecular complexity index is 468. The highest BCUT2D eigenvalue weighted by molar-refractivity contribution is 9.10. The summed E-state index contributed by atoms with van der Waals surface area (Å²) in [7, 11) is 0. The second-order valence-corrected chi connectivity index (χ2v) is 4.33. The molecule has 3 nitrogen and oxygen atoms in total. The van der Waals surface area contributed by atoms with Gasteiger partial charge in [-0.05, 0) is 29.8 Å². The van der Waals surface area contributed by atoms with Gasteiger partial charge in [-0.2, -0.15) is 0 Å². The summed E-state index contributed by atoms with van der Waals surface area (Å²) in [5, 5.41) is 3.25. The Kier molecular flexibility index (Phi) is 3.41. The molecule has 0 atom stereocenters. The minimum Gasteiger partial charge on any atom is -0.382 e. The number of pyridine rings is 1. The van der Waals surface area contributed by atoms with Crippen LogP contribution in [0.5, 0.6) is 0 Å². The molecule has 0 radical (unpaired) electrons. The summed E-state index contributed by atoms with van der Waals surface area (Å²) in [6, 6.07) is 11.9. The molecule has 0 unspecified atom stereocenters. The number of nitrogens with one attached hydrogen (secondary N) is 1. The number of aromatic nitrogens is 1. The lowest BCUT2D eigenvalue weighted by Gasteiger charge is -2.08. The van der Waals surface area contributed by atoms with Crippen LogP contribution >= 0.6 is 15.9 Å². The molecule has 2 rings (SSSR count). The monoisotopic (exact) mass is 277 g/mol. The first-order chi connectivity index (χ1) is 7.75. The zero-order chi connectivity index (χ0) is 11.4.